The highest BCUT2D eigenvalue weighted by Crippen LogP contribution is 2.33. The molecule has 1 aliphatic heterocycles. The van der Waals surface area contributed by atoms with Gasteiger partial charge >= 0.3 is 23.9 Å². The van der Waals surface area contributed by atoms with E-state index in [9.17, 15) is 32.3 Å². The summed E-state index contributed by atoms with van der Waals surface area (Å²) in [5.41, 5.74) is -4.23. The predicted molar refractivity (Wildman–Crippen MR) is 126 cm³/mol. The second kappa shape index (κ2) is 10.1. The van der Waals surface area contributed by atoms with E-state index in [4.69, 9.17) is 9.47 Å². The van der Waals surface area contributed by atoms with E-state index in [1.165, 1.54) is 30.9 Å². The van der Waals surface area contributed by atoms with E-state index < -0.39 is 53.0 Å². The first-order chi connectivity index (χ1) is 17.9. The van der Waals surface area contributed by atoms with Gasteiger partial charge < -0.3 is 9.47 Å². The summed E-state index contributed by atoms with van der Waals surface area (Å²) in [6.45, 7) is 2.24. The van der Waals surface area contributed by atoms with Crippen molar-refractivity contribution in [2.75, 3.05) is 24.7 Å². The number of halogens is 4. The number of cyclic esters (lactones) is 1. The zero-order chi connectivity index (χ0) is 27.8. The number of benzene rings is 2. The number of hydrogen-bond donors (Lipinski definition) is 0. The van der Waals surface area contributed by atoms with Crippen LogP contribution in [0, 0.1) is 12.7 Å². The summed E-state index contributed by atoms with van der Waals surface area (Å²) in [5, 5.41) is 0. The van der Waals surface area contributed by atoms with Crippen LogP contribution in [0.1, 0.15) is 34.0 Å². The van der Waals surface area contributed by atoms with Crippen molar-refractivity contribution in [2.45, 2.75) is 26.6 Å². The molecule has 0 spiro atoms. The van der Waals surface area contributed by atoms with Crippen LogP contribution in [0.5, 0.6) is 0 Å². The van der Waals surface area contributed by atoms with E-state index in [-0.39, 0.29) is 42.3 Å². The maximum Gasteiger partial charge on any atom is 0.416 e. The molecule has 0 radical (unpaired) electrons. The van der Waals surface area contributed by atoms with Gasteiger partial charge in [0.25, 0.3) is 5.56 Å². The summed E-state index contributed by atoms with van der Waals surface area (Å²) < 4.78 is 66.4. The Labute approximate surface area is 212 Å². The molecule has 1 fully saturated rings. The molecule has 2 heterocycles. The average molecular weight is 535 g/mol. The molecule has 0 saturated carbocycles. The lowest BCUT2D eigenvalue weighted by molar-refractivity contribution is -0.138. The van der Waals surface area contributed by atoms with Crippen LogP contribution in [0.4, 0.5) is 28.0 Å². The molecular weight excluding hydrogens is 514 g/mol. The minimum atomic E-state index is -4.68. The van der Waals surface area contributed by atoms with Crippen LogP contribution in [0.3, 0.4) is 0 Å². The normalized spacial score (nSPS) is 13.5. The van der Waals surface area contributed by atoms with Gasteiger partial charge in [-0.15, -0.1) is 0 Å². The Bertz CT molecular complexity index is 1540. The molecule has 0 unspecified atom stereocenters. The maximum absolute atomic E-state index is 15.2. The van der Waals surface area contributed by atoms with Crippen molar-refractivity contribution >= 4 is 17.7 Å². The highest BCUT2D eigenvalue weighted by Gasteiger charge is 2.33. The number of carbonyl (C=O) groups excluding carboxylic acids is 2. The lowest BCUT2D eigenvalue weighted by Gasteiger charge is -2.17. The fourth-order valence-corrected chi connectivity index (χ4v) is 4.08. The SMILES string of the molecule is CCOC(=O)c1cn(-c2ccc(N3CCOC3=O)cc2F)c(=O)n(Cc2cccc(C(F)(F)F)c2C)c1=O. The molecule has 1 aromatic heterocycles. The van der Waals surface area contributed by atoms with Gasteiger partial charge in [-0.1, -0.05) is 12.1 Å². The van der Waals surface area contributed by atoms with Crippen molar-refractivity contribution in [3.05, 3.63) is 91.5 Å². The number of amides is 1. The number of alkyl halides is 3. The van der Waals surface area contributed by atoms with Gasteiger partial charge in [0.1, 0.15) is 18.0 Å². The quantitative estimate of drug-likeness (QED) is 0.353. The van der Waals surface area contributed by atoms with Crippen LogP contribution >= 0.6 is 0 Å². The number of nitrogens with zero attached hydrogens (tertiary/aromatic N) is 3. The molecule has 3 aromatic rings. The number of ether oxygens (including phenoxy) is 2. The van der Waals surface area contributed by atoms with E-state index in [1.54, 1.807) is 0 Å². The number of hydrogen-bond acceptors (Lipinski definition) is 6. The molecule has 0 bridgehead atoms. The number of anilines is 1. The molecule has 200 valence electrons. The van der Waals surface area contributed by atoms with E-state index >= 15 is 4.39 Å². The number of carbonyl (C=O) groups is 2. The summed E-state index contributed by atoms with van der Waals surface area (Å²) in [5.74, 6) is -2.07. The highest BCUT2D eigenvalue weighted by atomic mass is 19.4. The van der Waals surface area contributed by atoms with Gasteiger partial charge in [0.2, 0.25) is 0 Å². The molecule has 9 nitrogen and oxygen atoms in total. The lowest BCUT2D eigenvalue weighted by Crippen LogP contribution is -2.42. The van der Waals surface area contributed by atoms with Crippen molar-refractivity contribution < 1.29 is 36.6 Å². The third kappa shape index (κ3) is 4.91. The van der Waals surface area contributed by atoms with Gasteiger partial charge in [-0.2, -0.15) is 13.2 Å². The molecule has 0 N–H and O–H groups in total. The van der Waals surface area contributed by atoms with Gasteiger partial charge in [-0.3, -0.25) is 18.8 Å². The zero-order valence-corrected chi connectivity index (χ0v) is 20.2. The number of esters is 1. The van der Waals surface area contributed by atoms with Crippen molar-refractivity contribution in [3.8, 4) is 5.69 Å². The molecule has 1 aliphatic rings. The number of rotatable bonds is 6. The van der Waals surface area contributed by atoms with Crippen molar-refractivity contribution in [1.29, 1.82) is 0 Å². The summed E-state index contributed by atoms with van der Waals surface area (Å²) in [4.78, 5) is 52.0. The first-order valence-corrected chi connectivity index (χ1v) is 11.4. The van der Waals surface area contributed by atoms with Gasteiger partial charge in [0.15, 0.2) is 0 Å². The monoisotopic (exact) mass is 535 g/mol. The van der Waals surface area contributed by atoms with Gasteiger partial charge in [-0.25, -0.2) is 18.8 Å². The van der Waals surface area contributed by atoms with Crippen molar-refractivity contribution in [2.24, 2.45) is 0 Å². The molecule has 38 heavy (non-hydrogen) atoms. The Hall–Kier alpha value is -4.42. The second-order valence-electron chi connectivity index (χ2n) is 8.30. The van der Waals surface area contributed by atoms with Crippen LogP contribution in [0.15, 0.2) is 52.2 Å². The molecule has 0 atom stereocenters. The highest BCUT2D eigenvalue weighted by molar-refractivity contribution is 5.90. The smallest absolute Gasteiger partial charge is 0.416 e. The molecule has 2 aromatic carbocycles. The fraction of sp³-hybridized carbons (Fsp3) is 0.280. The molecule has 0 aliphatic carbocycles. The zero-order valence-electron chi connectivity index (χ0n) is 20.2. The van der Waals surface area contributed by atoms with E-state index in [0.717, 1.165) is 30.5 Å². The Morgan fingerprint density at radius 2 is 1.87 bits per heavy atom. The van der Waals surface area contributed by atoms with Crippen LogP contribution in [0.2, 0.25) is 0 Å². The van der Waals surface area contributed by atoms with E-state index in [1.807, 2.05) is 0 Å². The maximum atomic E-state index is 15.2. The Morgan fingerprint density at radius 1 is 1.13 bits per heavy atom. The molecule has 1 amide bonds. The van der Waals surface area contributed by atoms with Crippen LogP contribution in [0.25, 0.3) is 5.69 Å². The average Bonchev–Trinajstić information content (AvgIpc) is 3.28. The third-order valence-electron chi connectivity index (χ3n) is 6.01. The first kappa shape index (κ1) is 26.6. The first-order valence-electron chi connectivity index (χ1n) is 11.4. The topological polar surface area (TPSA) is 99.8 Å². The van der Waals surface area contributed by atoms with Gasteiger partial charge in [-0.05, 0) is 49.2 Å². The van der Waals surface area contributed by atoms with Crippen LogP contribution in [-0.4, -0.2) is 41.0 Å². The minimum Gasteiger partial charge on any atom is -0.462 e. The largest absolute Gasteiger partial charge is 0.462 e. The molecule has 4 rings (SSSR count). The van der Waals surface area contributed by atoms with Crippen molar-refractivity contribution in [3.63, 3.8) is 0 Å². The summed E-state index contributed by atoms with van der Waals surface area (Å²) in [6.07, 6.45) is -4.53. The summed E-state index contributed by atoms with van der Waals surface area (Å²) in [6, 6.07) is 6.78. The molecule has 13 heteroatoms. The molecular formula is C25H21F4N3O6. The summed E-state index contributed by atoms with van der Waals surface area (Å²) >= 11 is 0. The minimum absolute atomic E-state index is 0.00468. The molecule has 1 saturated heterocycles. The Balaban J connectivity index is 1.88. The van der Waals surface area contributed by atoms with Crippen molar-refractivity contribution in [1.82, 2.24) is 9.13 Å². The lowest BCUT2D eigenvalue weighted by atomic mass is 10.0. The third-order valence-corrected chi connectivity index (χ3v) is 6.01. The van der Waals surface area contributed by atoms with E-state index in [2.05, 4.69) is 0 Å². The fourth-order valence-electron chi connectivity index (χ4n) is 4.08. The number of aromatic nitrogens is 2. The predicted octanol–water partition coefficient (Wildman–Crippen LogP) is 3.65. The van der Waals surface area contributed by atoms with Gasteiger partial charge in [0, 0.05) is 6.20 Å². The Morgan fingerprint density at radius 3 is 2.47 bits per heavy atom. The standard InChI is InChI=1S/C25H21F4N3O6/c1-3-37-22(34)17-13-31(20-8-7-16(11-19(20)26)30-9-10-38-24(30)36)23(35)32(21(17)33)12-15-5-4-6-18(14(15)2)25(27,28)29/h4-8,11,13H,3,9-10,12H2,1-2H3. The van der Waals surface area contributed by atoms with E-state index in [0.29, 0.717) is 9.13 Å². The summed E-state index contributed by atoms with van der Waals surface area (Å²) in [7, 11) is 0. The van der Waals surface area contributed by atoms with Gasteiger partial charge in [0.05, 0.1) is 36.6 Å². The van der Waals surface area contributed by atoms with Crippen LogP contribution < -0.4 is 16.1 Å². The van der Waals surface area contributed by atoms with Crippen LogP contribution in [-0.2, 0) is 22.2 Å². The Kier molecular flexibility index (Phi) is 7.11. The second-order valence-corrected chi connectivity index (χ2v) is 8.30.